The molecule has 11 heavy (non-hydrogen) atoms. The van der Waals surface area contributed by atoms with Crippen molar-refractivity contribution < 1.29 is 0 Å². The Labute approximate surface area is 80.3 Å². The van der Waals surface area contributed by atoms with Crippen molar-refractivity contribution >= 4 is 49.1 Å². The molecule has 0 bridgehead atoms. The van der Waals surface area contributed by atoms with Gasteiger partial charge in [-0.05, 0) is 27.4 Å². The van der Waals surface area contributed by atoms with Crippen molar-refractivity contribution in [1.82, 2.24) is 10.2 Å². The fourth-order valence-corrected chi connectivity index (χ4v) is 2.22. The van der Waals surface area contributed by atoms with Crippen LogP contribution in [0, 0.1) is 0 Å². The Morgan fingerprint density at radius 2 is 2.27 bits per heavy atom. The van der Waals surface area contributed by atoms with E-state index in [9.17, 15) is 0 Å². The molecule has 2 nitrogen and oxygen atoms in total. The van der Waals surface area contributed by atoms with Gasteiger partial charge in [0.05, 0.1) is 9.72 Å². The second-order valence-electron chi connectivity index (χ2n) is 1.94. The van der Waals surface area contributed by atoms with E-state index < -0.39 is 0 Å². The maximum Gasteiger partial charge on any atom is 0.148 e. The predicted octanol–water partition coefficient (Wildman–Crippen LogP) is 3.11. The third kappa shape index (κ3) is 1.15. The van der Waals surface area contributed by atoms with Crippen LogP contribution in [0.3, 0.4) is 0 Å². The van der Waals surface area contributed by atoms with Gasteiger partial charge in [-0.2, -0.15) is 0 Å². The largest absolute Gasteiger partial charge is 0.148 e. The van der Waals surface area contributed by atoms with Crippen molar-refractivity contribution in [3.05, 3.63) is 21.1 Å². The average molecular weight is 250 g/mol. The number of fused-ring (bicyclic) bond motifs is 1. The number of rotatable bonds is 0. The zero-order valence-electron chi connectivity index (χ0n) is 5.21. The molecule has 5 heteroatoms. The van der Waals surface area contributed by atoms with E-state index in [1.54, 1.807) is 11.3 Å². The van der Waals surface area contributed by atoms with Crippen LogP contribution in [0.25, 0.3) is 10.2 Å². The molecule has 0 aliphatic carbocycles. The van der Waals surface area contributed by atoms with Gasteiger partial charge < -0.3 is 0 Å². The van der Waals surface area contributed by atoms with E-state index in [1.165, 1.54) is 0 Å². The highest BCUT2D eigenvalue weighted by Gasteiger charge is 2.05. The van der Waals surface area contributed by atoms with Crippen LogP contribution in [0.4, 0.5) is 0 Å². The number of hydrogen-bond donors (Lipinski definition) is 0. The zero-order chi connectivity index (χ0) is 7.84. The molecule has 0 radical (unpaired) electrons. The molecule has 0 atom stereocenters. The lowest BCUT2D eigenvalue weighted by Crippen LogP contribution is -1.82. The number of thiophene rings is 1. The monoisotopic (exact) mass is 248 g/mol. The number of halogens is 2. The molecule has 2 aromatic heterocycles. The fourth-order valence-electron chi connectivity index (χ4n) is 0.781. The minimum Gasteiger partial charge on any atom is -0.148 e. The van der Waals surface area contributed by atoms with Crippen molar-refractivity contribution in [2.45, 2.75) is 0 Å². The normalized spacial score (nSPS) is 10.7. The van der Waals surface area contributed by atoms with Crippen molar-refractivity contribution in [3.8, 4) is 0 Å². The summed E-state index contributed by atoms with van der Waals surface area (Å²) in [6.45, 7) is 0. The van der Waals surface area contributed by atoms with Gasteiger partial charge in [-0.1, -0.05) is 11.6 Å². The topological polar surface area (TPSA) is 25.8 Å². The van der Waals surface area contributed by atoms with Crippen LogP contribution in [0.2, 0.25) is 5.02 Å². The Kier molecular flexibility index (Phi) is 1.83. The summed E-state index contributed by atoms with van der Waals surface area (Å²) in [5.41, 5.74) is 0.850. The molecule has 0 fully saturated rings. The molecule has 2 rings (SSSR count). The standard InChI is InChI=1S/C6H2BrClN2S/c7-6-4(8)5-3(9-10-6)1-2-11-5/h1-2H. The van der Waals surface area contributed by atoms with Crippen LogP contribution in [0.5, 0.6) is 0 Å². The van der Waals surface area contributed by atoms with E-state index >= 15 is 0 Å². The van der Waals surface area contributed by atoms with Crippen molar-refractivity contribution in [3.63, 3.8) is 0 Å². The molecule has 0 aromatic carbocycles. The number of nitrogens with zero attached hydrogens (tertiary/aromatic N) is 2. The molecule has 56 valence electrons. The maximum atomic E-state index is 5.93. The summed E-state index contributed by atoms with van der Waals surface area (Å²) >= 11 is 10.7. The van der Waals surface area contributed by atoms with E-state index in [2.05, 4.69) is 26.1 Å². The quantitative estimate of drug-likeness (QED) is 0.717. The van der Waals surface area contributed by atoms with Crippen LogP contribution in [-0.4, -0.2) is 10.2 Å². The van der Waals surface area contributed by atoms with Gasteiger partial charge in [0.25, 0.3) is 0 Å². The van der Waals surface area contributed by atoms with Crippen LogP contribution < -0.4 is 0 Å². The molecule has 0 unspecified atom stereocenters. The van der Waals surface area contributed by atoms with Crippen LogP contribution in [-0.2, 0) is 0 Å². The zero-order valence-corrected chi connectivity index (χ0v) is 8.37. The average Bonchev–Trinajstić information content (AvgIpc) is 2.45. The molecule has 2 aromatic rings. The molecule has 2 heterocycles. The highest BCUT2D eigenvalue weighted by atomic mass is 79.9. The molecular weight excluding hydrogens is 248 g/mol. The third-order valence-electron chi connectivity index (χ3n) is 1.27. The van der Waals surface area contributed by atoms with Crippen molar-refractivity contribution in [1.29, 1.82) is 0 Å². The molecule has 0 N–H and O–H groups in total. The van der Waals surface area contributed by atoms with E-state index in [0.717, 1.165) is 10.2 Å². The lowest BCUT2D eigenvalue weighted by Gasteiger charge is -1.92. The molecule has 0 saturated carbocycles. The van der Waals surface area contributed by atoms with Gasteiger partial charge in [0, 0.05) is 0 Å². The summed E-state index contributed by atoms with van der Waals surface area (Å²) in [6.07, 6.45) is 0. The third-order valence-corrected chi connectivity index (χ3v) is 3.45. The highest BCUT2D eigenvalue weighted by Crippen LogP contribution is 2.30. The summed E-state index contributed by atoms with van der Waals surface area (Å²) in [5.74, 6) is 0. The first-order valence-electron chi connectivity index (χ1n) is 2.84. The van der Waals surface area contributed by atoms with Crippen LogP contribution in [0.1, 0.15) is 0 Å². The van der Waals surface area contributed by atoms with Gasteiger partial charge >= 0.3 is 0 Å². The first-order chi connectivity index (χ1) is 5.29. The first-order valence-corrected chi connectivity index (χ1v) is 4.89. The minimum atomic E-state index is 0.606. The molecule has 0 aliphatic heterocycles. The van der Waals surface area contributed by atoms with E-state index in [0.29, 0.717) is 9.63 Å². The summed E-state index contributed by atoms with van der Waals surface area (Å²) in [7, 11) is 0. The number of hydrogen-bond acceptors (Lipinski definition) is 3. The summed E-state index contributed by atoms with van der Waals surface area (Å²) in [6, 6.07) is 1.89. The molecule has 0 aliphatic rings. The summed E-state index contributed by atoms with van der Waals surface area (Å²) < 4.78 is 1.59. The Hall–Kier alpha value is -0.190. The lowest BCUT2D eigenvalue weighted by molar-refractivity contribution is 1.05. The van der Waals surface area contributed by atoms with Gasteiger partial charge in [-0.15, -0.1) is 21.5 Å². The van der Waals surface area contributed by atoms with Gasteiger partial charge in [0.15, 0.2) is 0 Å². The van der Waals surface area contributed by atoms with Crippen LogP contribution >= 0.6 is 38.9 Å². The van der Waals surface area contributed by atoms with Gasteiger partial charge in [-0.3, -0.25) is 0 Å². The molecule has 0 amide bonds. The van der Waals surface area contributed by atoms with E-state index in [-0.39, 0.29) is 0 Å². The predicted molar refractivity (Wildman–Crippen MR) is 50.1 cm³/mol. The second-order valence-corrected chi connectivity index (χ2v) is 3.98. The Morgan fingerprint density at radius 3 is 3.09 bits per heavy atom. The first kappa shape index (κ1) is 7.46. The Bertz CT molecular complexity index is 400. The number of aromatic nitrogens is 2. The molecular formula is C6H2BrClN2S. The van der Waals surface area contributed by atoms with Crippen molar-refractivity contribution in [2.24, 2.45) is 0 Å². The van der Waals surface area contributed by atoms with Gasteiger partial charge in [0.1, 0.15) is 10.1 Å². The highest BCUT2D eigenvalue weighted by molar-refractivity contribution is 9.10. The van der Waals surface area contributed by atoms with Gasteiger partial charge in [-0.25, -0.2) is 0 Å². The SMILES string of the molecule is Clc1c(Br)nnc2ccsc12. The summed E-state index contributed by atoms with van der Waals surface area (Å²) in [4.78, 5) is 0. The Balaban J connectivity index is 2.93. The van der Waals surface area contributed by atoms with Crippen LogP contribution in [0.15, 0.2) is 16.0 Å². The second kappa shape index (κ2) is 2.69. The van der Waals surface area contributed by atoms with E-state index in [4.69, 9.17) is 11.6 Å². The minimum absolute atomic E-state index is 0.606. The Morgan fingerprint density at radius 1 is 1.45 bits per heavy atom. The maximum absolute atomic E-state index is 5.93. The lowest BCUT2D eigenvalue weighted by atomic mass is 10.4. The van der Waals surface area contributed by atoms with Crippen molar-refractivity contribution in [2.75, 3.05) is 0 Å². The molecule has 0 spiro atoms. The molecule has 0 saturated heterocycles. The van der Waals surface area contributed by atoms with Gasteiger partial charge in [0.2, 0.25) is 0 Å². The smallest absolute Gasteiger partial charge is 0.148 e. The van der Waals surface area contributed by atoms with E-state index in [1.807, 2.05) is 11.4 Å². The summed E-state index contributed by atoms with van der Waals surface area (Å²) in [5, 5.41) is 10.3. The fraction of sp³-hybridized carbons (Fsp3) is 0.